The topological polar surface area (TPSA) is 40.5 Å². The Morgan fingerprint density at radius 2 is 2.12 bits per heavy atom. The van der Waals surface area contributed by atoms with E-state index in [0.717, 1.165) is 10.0 Å². The molecule has 3 nitrogen and oxygen atoms in total. The molecule has 94 valence electrons. The van der Waals surface area contributed by atoms with Crippen LogP contribution in [0.5, 0.6) is 0 Å². The Hall–Kier alpha value is -0.940. The third-order valence-electron chi connectivity index (χ3n) is 2.89. The van der Waals surface area contributed by atoms with Crippen LogP contribution in [-0.2, 0) is 11.3 Å². The lowest BCUT2D eigenvalue weighted by atomic mass is 10.0. The molecule has 1 N–H and O–H groups in total. The van der Waals surface area contributed by atoms with Gasteiger partial charge in [-0.1, -0.05) is 15.9 Å². The van der Waals surface area contributed by atoms with Crippen molar-refractivity contribution in [1.29, 1.82) is 0 Å². The van der Waals surface area contributed by atoms with E-state index < -0.39 is 11.5 Å². The molecule has 0 saturated heterocycles. The Bertz CT molecular complexity index is 435. The first-order chi connectivity index (χ1) is 7.75. The molecule has 1 aromatic rings. The van der Waals surface area contributed by atoms with Gasteiger partial charge in [0.05, 0.1) is 0 Å². The van der Waals surface area contributed by atoms with Gasteiger partial charge >= 0.3 is 5.97 Å². The van der Waals surface area contributed by atoms with E-state index >= 15 is 0 Å². The third kappa shape index (κ3) is 3.26. The number of carboxylic acids is 1. The fourth-order valence-corrected chi connectivity index (χ4v) is 1.65. The molecule has 0 unspecified atom stereocenters. The summed E-state index contributed by atoms with van der Waals surface area (Å²) in [6.45, 7) is 3.59. The minimum atomic E-state index is -0.994. The largest absolute Gasteiger partial charge is 0.480 e. The molecule has 0 atom stereocenters. The molecule has 0 fully saturated rings. The lowest BCUT2D eigenvalue weighted by Crippen LogP contribution is -2.47. The maximum absolute atomic E-state index is 13.1. The van der Waals surface area contributed by atoms with Crippen molar-refractivity contribution in [3.8, 4) is 0 Å². The minimum absolute atomic E-state index is 0.329. The normalized spacial score (nSPS) is 11.9. The van der Waals surface area contributed by atoms with Crippen LogP contribution in [0, 0.1) is 5.82 Å². The first-order valence-electron chi connectivity index (χ1n) is 5.13. The Kier molecular flexibility index (Phi) is 4.27. The van der Waals surface area contributed by atoms with Gasteiger partial charge in [-0.15, -0.1) is 0 Å². The number of rotatable bonds is 4. The zero-order valence-electron chi connectivity index (χ0n) is 10.00. The molecule has 0 spiro atoms. The summed E-state index contributed by atoms with van der Waals surface area (Å²) in [4.78, 5) is 12.7. The monoisotopic (exact) mass is 303 g/mol. The van der Waals surface area contributed by atoms with Crippen LogP contribution in [0.3, 0.4) is 0 Å². The standard InChI is InChI=1S/C12H15BrFNO2/c1-12(2,11(16)17)15(3)7-8-6-9(14)4-5-10(8)13/h4-6H,7H2,1-3H3,(H,16,17). The van der Waals surface area contributed by atoms with Crippen molar-refractivity contribution in [3.05, 3.63) is 34.1 Å². The first-order valence-corrected chi connectivity index (χ1v) is 5.93. The molecule has 0 aliphatic carbocycles. The van der Waals surface area contributed by atoms with Crippen LogP contribution in [0.1, 0.15) is 19.4 Å². The van der Waals surface area contributed by atoms with Crippen molar-refractivity contribution >= 4 is 21.9 Å². The van der Waals surface area contributed by atoms with Gasteiger partial charge in [0.2, 0.25) is 0 Å². The Morgan fingerprint density at radius 1 is 1.53 bits per heavy atom. The first kappa shape index (κ1) is 14.1. The van der Waals surface area contributed by atoms with E-state index in [4.69, 9.17) is 5.11 Å². The number of aliphatic carboxylic acids is 1. The number of hydrogen-bond donors (Lipinski definition) is 1. The molecule has 5 heteroatoms. The van der Waals surface area contributed by atoms with Gasteiger partial charge in [0.25, 0.3) is 0 Å². The predicted molar refractivity (Wildman–Crippen MR) is 67.3 cm³/mol. The van der Waals surface area contributed by atoms with Crippen molar-refractivity contribution in [1.82, 2.24) is 4.90 Å². The van der Waals surface area contributed by atoms with Gasteiger partial charge < -0.3 is 5.11 Å². The summed E-state index contributed by atoms with van der Waals surface area (Å²) < 4.78 is 13.9. The molecular weight excluding hydrogens is 289 g/mol. The lowest BCUT2D eigenvalue weighted by Gasteiger charge is -2.31. The third-order valence-corrected chi connectivity index (χ3v) is 3.67. The Balaban J connectivity index is 2.91. The molecule has 0 aliphatic heterocycles. The quantitative estimate of drug-likeness (QED) is 0.930. The summed E-state index contributed by atoms with van der Waals surface area (Å²) in [5.41, 5.74) is -0.270. The second-order valence-electron chi connectivity index (χ2n) is 4.46. The lowest BCUT2D eigenvalue weighted by molar-refractivity contribution is -0.148. The molecule has 0 aromatic heterocycles. The van der Waals surface area contributed by atoms with Crippen molar-refractivity contribution in [2.75, 3.05) is 7.05 Å². The fourth-order valence-electron chi connectivity index (χ4n) is 1.28. The Morgan fingerprint density at radius 3 is 2.65 bits per heavy atom. The highest BCUT2D eigenvalue weighted by Gasteiger charge is 2.32. The second kappa shape index (κ2) is 5.14. The molecule has 1 aromatic carbocycles. The van der Waals surface area contributed by atoms with E-state index in [9.17, 15) is 9.18 Å². The number of benzene rings is 1. The molecule has 17 heavy (non-hydrogen) atoms. The maximum atomic E-state index is 13.1. The molecule has 0 saturated carbocycles. The van der Waals surface area contributed by atoms with E-state index in [-0.39, 0.29) is 5.82 Å². The minimum Gasteiger partial charge on any atom is -0.480 e. The molecule has 0 heterocycles. The summed E-state index contributed by atoms with van der Waals surface area (Å²) in [6, 6.07) is 4.38. The van der Waals surface area contributed by atoms with Crippen molar-refractivity contribution in [3.63, 3.8) is 0 Å². The number of carboxylic acid groups (broad SMARTS) is 1. The van der Waals surface area contributed by atoms with Gasteiger partial charge in [0, 0.05) is 11.0 Å². The van der Waals surface area contributed by atoms with Crippen molar-refractivity contribution in [2.24, 2.45) is 0 Å². The average molecular weight is 304 g/mol. The predicted octanol–water partition coefficient (Wildman–Crippen LogP) is 2.88. The zero-order chi connectivity index (χ0) is 13.2. The summed E-state index contributed by atoms with van der Waals surface area (Å²) in [6.07, 6.45) is 0. The van der Waals surface area contributed by atoms with Crippen molar-refractivity contribution in [2.45, 2.75) is 25.9 Å². The van der Waals surface area contributed by atoms with Gasteiger partial charge in [-0.2, -0.15) is 0 Å². The fraction of sp³-hybridized carbons (Fsp3) is 0.417. The van der Waals surface area contributed by atoms with Gasteiger partial charge in [-0.25, -0.2) is 4.39 Å². The summed E-state index contributed by atoms with van der Waals surface area (Å²) in [5.74, 6) is -1.24. The van der Waals surface area contributed by atoms with E-state index in [1.54, 1.807) is 31.9 Å². The highest BCUT2D eigenvalue weighted by molar-refractivity contribution is 9.10. The molecule has 0 bridgehead atoms. The second-order valence-corrected chi connectivity index (χ2v) is 5.31. The smallest absolute Gasteiger partial charge is 0.323 e. The van der Waals surface area contributed by atoms with Gasteiger partial charge in [0.1, 0.15) is 11.4 Å². The zero-order valence-corrected chi connectivity index (χ0v) is 11.6. The van der Waals surface area contributed by atoms with Gasteiger partial charge in [-0.3, -0.25) is 9.69 Å². The maximum Gasteiger partial charge on any atom is 0.323 e. The van der Waals surface area contributed by atoms with E-state index in [0.29, 0.717) is 6.54 Å². The number of carbonyl (C=O) groups is 1. The molecule has 0 aliphatic rings. The van der Waals surface area contributed by atoms with E-state index in [2.05, 4.69) is 15.9 Å². The molecule has 1 rings (SSSR count). The number of halogens is 2. The van der Waals surface area contributed by atoms with Gasteiger partial charge in [0.15, 0.2) is 0 Å². The van der Waals surface area contributed by atoms with Crippen LogP contribution in [0.25, 0.3) is 0 Å². The summed E-state index contributed by atoms with van der Waals surface area (Å²) >= 11 is 3.32. The van der Waals surface area contributed by atoms with Crippen LogP contribution in [0.4, 0.5) is 4.39 Å². The van der Waals surface area contributed by atoms with E-state index in [1.165, 1.54) is 12.1 Å². The SMILES string of the molecule is CN(Cc1cc(F)ccc1Br)C(C)(C)C(=O)O. The van der Waals surface area contributed by atoms with Crippen LogP contribution < -0.4 is 0 Å². The molecule has 0 radical (unpaired) electrons. The highest BCUT2D eigenvalue weighted by atomic mass is 79.9. The van der Waals surface area contributed by atoms with Crippen LogP contribution >= 0.6 is 15.9 Å². The summed E-state index contributed by atoms with van der Waals surface area (Å²) in [7, 11) is 1.70. The van der Waals surface area contributed by atoms with E-state index in [1.807, 2.05) is 0 Å². The van der Waals surface area contributed by atoms with Crippen LogP contribution in [0.2, 0.25) is 0 Å². The number of hydrogen-bond acceptors (Lipinski definition) is 2. The van der Waals surface area contributed by atoms with Crippen LogP contribution in [-0.4, -0.2) is 28.6 Å². The highest BCUT2D eigenvalue weighted by Crippen LogP contribution is 2.22. The van der Waals surface area contributed by atoms with Gasteiger partial charge in [-0.05, 0) is 44.7 Å². The molecular formula is C12H15BrFNO2. The number of nitrogens with zero attached hydrogens (tertiary/aromatic N) is 1. The van der Waals surface area contributed by atoms with Crippen molar-refractivity contribution < 1.29 is 14.3 Å². The molecule has 0 amide bonds. The number of likely N-dealkylation sites (N-methyl/N-ethyl adjacent to an activating group) is 1. The van der Waals surface area contributed by atoms with Crippen LogP contribution in [0.15, 0.2) is 22.7 Å². The average Bonchev–Trinajstić information content (AvgIpc) is 2.23. The summed E-state index contributed by atoms with van der Waals surface area (Å²) in [5, 5.41) is 9.09. The Labute approximate surface area is 108 Å².